The number of hydrogen-bond donors (Lipinski definition) is 3. The van der Waals surface area contributed by atoms with Crippen LogP contribution in [0.15, 0.2) is 54.3 Å². The first-order valence-electron chi connectivity index (χ1n) is 17.4. The molecule has 13 nitrogen and oxygen atoms in total. The number of rotatable bonds is 11. The topological polar surface area (TPSA) is 162 Å². The lowest BCUT2D eigenvalue weighted by atomic mass is 9.50. The van der Waals surface area contributed by atoms with Crippen LogP contribution in [0.5, 0.6) is 11.5 Å². The Kier molecular flexibility index (Phi) is 9.81. The molecule has 1 saturated heterocycles. The van der Waals surface area contributed by atoms with Crippen LogP contribution in [-0.2, 0) is 46.9 Å². The Hall–Kier alpha value is -4.62. The third-order valence-electron chi connectivity index (χ3n) is 10.3. The van der Waals surface area contributed by atoms with Crippen LogP contribution in [0, 0.1) is 0 Å². The van der Waals surface area contributed by atoms with E-state index in [1.165, 1.54) is 6.92 Å². The lowest BCUT2D eigenvalue weighted by Gasteiger charge is -2.61. The molecule has 2 amide bonds. The second-order valence-corrected chi connectivity index (χ2v) is 14.8. The summed E-state index contributed by atoms with van der Waals surface area (Å²) in [6, 6.07) is 12.0. The predicted molar refractivity (Wildman–Crippen MR) is 184 cm³/mol. The zero-order chi connectivity index (χ0) is 36.7. The molecule has 2 heterocycles. The third-order valence-corrected chi connectivity index (χ3v) is 10.3. The summed E-state index contributed by atoms with van der Waals surface area (Å²) >= 11 is 0. The number of esters is 2. The molecule has 1 spiro atoms. The summed E-state index contributed by atoms with van der Waals surface area (Å²) in [6.07, 6.45) is 0.379. The van der Waals surface area contributed by atoms with Crippen molar-refractivity contribution in [1.82, 2.24) is 15.5 Å². The lowest BCUT2D eigenvalue weighted by molar-refractivity contribution is -0.175. The number of carbonyl (C=O) groups excluding carboxylic acids is 4. The van der Waals surface area contributed by atoms with Gasteiger partial charge in [0.2, 0.25) is 5.91 Å². The van der Waals surface area contributed by atoms with Crippen LogP contribution in [0.4, 0.5) is 4.79 Å². The van der Waals surface area contributed by atoms with Crippen molar-refractivity contribution < 1.29 is 48.0 Å². The first-order valence-corrected chi connectivity index (χ1v) is 17.4. The fraction of sp³-hybridized carbons (Fsp3) is 0.526. The Labute approximate surface area is 297 Å². The number of nitrogens with one attached hydrogen (secondary N) is 2. The number of nitrogens with zero attached hydrogens (tertiary/aromatic N) is 1. The third kappa shape index (κ3) is 6.76. The molecular weight excluding hydrogens is 658 g/mol. The van der Waals surface area contributed by atoms with Crippen molar-refractivity contribution in [3.05, 3.63) is 71.0 Å². The molecule has 1 unspecified atom stereocenters. The molecule has 2 bridgehead atoms. The number of benzene rings is 2. The van der Waals surface area contributed by atoms with Crippen molar-refractivity contribution in [2.75, 3.05) is 27.2 Å². The lowest BCUT2D eigenvalue weighted by Crippen LogP contribution is -2.74. The molecule has 3 N–H and O–H groups in total. The molecule has 2 aliphatic carbocycles. The van der Waals surface area contributed by atoms with Gasteiger partial charge in [-0.15, -0.1) is 0 Å². The summed E-state index contributed by atoms with van der Waals surface area (Å²) in [4.78, 5) is 53.9. The van der Waals surface area contributed by atoms with Crippen LogP contribution in [0.2, 0.25) is 0 Å². The maximum absolute atomic E-state index is 13.3. The summed E-state index contributed by atoms with van der Waals surface area (Å²) in [5, 5.41) is 17.6. The molecule has 51 heavy (non-hydrogen) atoms. The Morgan fingerprint density at radius 2 is 1.86 bits per heavy atom. The number of ether oxygens (including phenoxy) is 5. The Bertz CT molecular complexity index is 1720. The van der Waals surface area contributed by atoms with Gasteiger partial charge in [-0.2, -0.15) is 0 Å². The normalized spacial score (nSPS) is 25.6. The number of methoxy groups -OCH3 is 1. The van der Waals surface area contributed by atoms with Crippen LogP contribution in [-0.4, -0.2) is 96.7 Å². The number of carbonyl (C=O) groups is 4. The average molecular weight is 706 g/mol. The van der Waals surface area contributed by atoms with E-state index in [-0.39, 0.29) is 37.6 Å². The zero-order valence-electron chi connectivity index (χ0n) is 29.9. The molecule has 0 aromatic heterocycles. The Morgan fingerprint density at radius 3 is 2.57 bits per heavy atom. The van der Waals surface area contributed by atoms with Crippen LogP contribution in [0.25, 0.3) is 0 Å². The van der Waals surface area contributed by atoms with E-state index in [0.717, 1.165) is 23.2 Å². The number of likely N-dealkylation sites (N-methyl/N-ethyl adjacent to an activating group) is 1. The summed E-state index contributed by atoms with van der Waals surface area (Å²) in [6.45, 7) is 7.20. The molecule has 1 fully saturated rings. The van der Waals surface area contributed by atoms with Gasteiger partial charge in [-0.25, -0.2) is 9.59 Å². The second kappa shape index (κ2) is 13.8. The van der Waals surface area contributed by atoms with Gasteiger partial charge in [-0.05, 0) is 77.4 Å². The van der Waals surface area contributed by atoms with E-state index in [4.69, 9.17) is 23.7 Å². The number of alkyl carbamates (subject to hydrolysis) is 1. The highest BCUT2D eigenvalue weighted by Gasteiger charge is 2.72. The minimum atomic E-state index is -1.27. The van der Waals surface area contributed by atoms with E-state index >= 15 is 0 Å². The van der Waals surface area contributed by atoms with Crippen molar-refractivity contribution in [2.24, 2.45) is 0 Å². The van der Waals surface area contributed by atoms with Crippen molar-refractivity contribution in [2.45, 2.75) is 101 Å². The number of hydrogen-bond acceptors (Lipinski definition) is 11. The first kappa shape index (κ1) is 36.2. The van der Waals surface area contributed by atoms with Crippen molar-refractivity contribution in [3.63, 3.8) is 0 Å². The molecule has 2 aromatic carbocycles. The second-order valence-electron chi connectivity index (χ2n) is 14.8. The molecule has 6 rings (SSSR count). The summed E-state index contributed by atoms with van der Waals surface area (Å²) in [5.74, 6) is -0.671. The maximum Gasteiger partial charge on any atom is 0.408 e. The van der Waals surface area contributed by atoms with Gasteiger partial charge in [0.1, 0.15) is 17.4 Å². The standard InChI is InChI=1S/C38H47N3O10/c1-22(48-29(42)15-18-39-33(43)25(20-23-10-8-7-9-11-23)40-35(45)51-36(2,3)4)34(44)49-27-14-16-38(46)28-21-24-12-13-26(47-6)31-30(24)37(38,32(27)50-31)17-19-41(28)5/h7-14,22,25,28,32,46H,15-21H2,1-6H3,(H,39,43)(H,40,45)/t22-,25-,28?,32-,37-,38-/m0/s1. The van der Waals surface area contributed by atoms with E-state index in [2.05, 4.69) is 15.5 Å². The summed E-state index contributed by atoms with van der Waals surface area (Å²) < 4.78 is 28.8. The number of likely N-dealkylation sites (tertiary alicyclic amines) is 1. The molecule has 2 aliphatic heterocycles. The molecule has 13 heteroatoms. The Balaban J connectivity index is 1.07. The van der Waals surface area contributed by atoms with E-state index in [1.54, 1.807) is 34.0 Å². The van der Waals surface area contributed by atoms with Crippen molar-refractivity contribution in [3.8, 4) is 11.5 Å². The average Bonchev–Trinajstić information content (AvgIpc) is 3.43. The molecule has 6 atom stereocenters. The highest BCUT2D eigenvalue weighted by molar-refractivity contribution is 5.86. The van der Waals surface area contributed by atoms with Gasteiger partial charge in [0.15, 0.2) is 23.7 Å². The van der Waals surface area contributed by atoms with Gasteiger partial charge < -0.3 is 44.3 Å². The van der Waals surface area contributed by atoms with Gasteiger partial charge in [-0.1, -0.05) is 36.4 Å². The van der Waals surface area contributed by atoms with Crippen molar-refractivity contribution >= 4 is 23.9 Å². The maximum atomic E-state index is 13.3. The molecule has 4 aliphatic rings. The van der Waals surface area contributed by atoms with E-state index in [1.807, 2.05) is 49.5 Å². The van der Waals surface area contributed by atoms with Crippen LogP contribution in [0.3, 0.4) is 0 Å². The number of aliphatic hydroxyl groups is 1. The quantitative estimate of drug-likeness (QED) is 0.233. The minimum absolute atomic E-state index is 0.0963. The predicted octanol–water partition coefficient (Wildman–Crippen LogP) is 3.09. The number of amides is 2. The highest BCUT2D eigenvalue weighted by atomic mass is 16.6. The summed E-state index contributed by atoms with van der Waals surface area (Å²) in [5.41, 5.74) is 0.0478. The Morgan fingerprint density at radius 1 is 1.12 bits per heavy atom. The zero-order valence-corrected chi connectivity index (χ0v) is 29.9. The molecule has 274 valence electrons. The fourth-order valence-electron chi connectivity index (χ4n) is 8.01. The van der Waals surface area contributed by atoms with Crippen LogP contribution in [0.1, 0.15) is 63.6 Å². The molecule has 2 aromatic rings. The van der Waals surface area contributed by atoms with E-state index in [9.17, 15) is 24.3 Å². The van der Waals surface area contributed by atoms with Gasteiger partial charge >= 0.3 is 18.0 Å². The summed E-state index contributed by atoms with van der Waals surface area (Å²) in [7, 11) is 3.58. The molecular formula is C38H47N3O10. The smallest absolute Gasteiger partial charge is 0.408 e. The molecule has 0 saturated carbocycles. The van der Waals surface area contributed by atoms with Crippen LogP contribution >= 0.6 is 0 Å². The largest absolute Gasteiger partial charge is 0.493 e. The van der Waals surface area contributed by atoms with Gasteiger partial charge in [0.25, 0.3) is 0 Å². The van der Waals surface area contributed by atoms with Crippen molar-refractivity contribution in [1.29, 1.82) is 0 Å². The monoisotopic (exact) mass is 705 g/mol. The van der Waals surface area contributed by atoms with E-state index < -0.39 is 58.8 Å². The first-order chi connectivity index (χ1) is 24.2. The van der Waals surface area contributed by atoms with Gasteiger partial charge in [-0.3, -0.25) is 9.59 Å². The SMILES string of the molecule is COc1ccc2c3c1O[C@H]1C(OC(=O)[C@H](C)OC(=O)CCNC(=O)[C@H](Cc4ccccc4)NC(=O)OC(C)(C)C)=CC[C@]4(O)C(C2)N(C)CC[C@]314. The van der Waals surface area contributed by atoms with Gasteiger partial charge in [0.05, 0.1) is 24.5 Å². The number of piperidine rings is 1. The fourth-order valence-corrected chi connectivity index (χ4v) is 8.01. The van der Waals surface area contributed by atoms with Gasteiger partial charge in [0, 0.05) is 31.0 Å². The van der Waals surface area contributed by atoms with E-state index in [0.29, 0.717) is 24.3 Å². The van der Waals surface area contributed by atoms with Crippen LogP contribution < -0.4 is 20.1 Å². The molecule has 0 radical (unpaired) electrons. The minimum Gasteiger partial charge on any atom is -0.493 e. The highest BCUT2D eigenvalue weighted by Crippen LogP contribution is 2.65.